The number of aromatic nitrogens is 2. The maximum Gasteiger partial charge on any atom is 0.303 e. The summed E-state index contributed by atoms with van der Waals surface area (Å²) in [4.78, 5) is 32.1. The monoisotopic (exact) mass is 336 g/mol. The van der Waals surface area contributed by atoms with Crippen molar-refractivity contribution in [2.45, 2.75) is 26.1 Å². The van der Waals surface area contributed by atoms with E-state index in [2.05, 4.69) is 9.97 Å². The van der Waals surface area contributed by atoms with Gasteiger partial charge in [0.2, 0.25) is 11.9 Å². The first kappa shape index (κ1) is 15.4. The number of nitrogens with one attached hydrogen (secondary N) is 1. The number of carbonyl (C=O) groups is 2. The molecule has 1 aliphatic heterocycles. The van der Waals surface area contributed by atoms with E-state index in [1.807, 2.05) is 37.3 Å². The number of aromatic amines is 1. The lowest BCUT2D eigenvalue weighted by Gasteiger charge is -2.32. The van der Waals surface area contributed by atoms with E-state index in [1.54, 1.807) is 12.1 Å². The van der Waals surface area contributed by atoms with Crippen LogP contribution in [0.1, 0.15) is 34.8 Å². The number of hydrogen-bond donors (Lipinski definition) is 1. The lowest BCUT2D eigenvalue weighted by Crippen LogP contribution is -2.39. The minimum atomic E-state index is -1.02. The molecule has 0 radical (unpaired) electrons. The zero-order chi connectivity index (χ0) is 17.6. The number of rotatable bonds is 2. The molecule has 0 aliphatic carbocycles. The standard InChI is InChI=1S/C19H16N2O4/c1-10-20-14-9-8-13-16(23)19(24-11(2)22)17(12-6-4-3-5-7-12)25-18(13)15(14)21-10/h3-9,17,19H,1-2H3,(H,20,21). The fourth-order valence-corrected chi connectivity index (χ4v) is 3.15. The largest absolute Gasteiger partial charge is 0.478 e. The van der Waals surface area contributed by atoms with Crippen LogP contribution in [0.2, 0.25) is 0 Å². The van der Waals surface area contributed by atoms with Crippen molar-refractivity contribution in [3.63, 3.8) is 0 Å². The Morgan fingerprint density at radius 3 is 2.68 bits per heavy atom. The van der Waals surface area contributed by atoms with Gasteiger partial charge in [-0.05, 0) is 24.6 Å². The van der Waals surface area contributed by atoms with Gasteiger partial charge in [-0.3, -0.25) is 9.59 Å². The summed E-state index contributed by atoms with van der Waals surface area (Å²) < 4.78 is 11.5. The number of Topliss-reactive ketones (excluding diaryl/α,β-unsaturated/α-hetero) is 1. The van der Waals surface area contributed by atoms with Crippen molar-refractivity contribution >= 4 is 22.8 Å². The predicted molar refractivity (Wildman–Crippen MR) is 90.5 cm³/mol. The number of esters is 1. The van der Waals surface area contributed by atoms with Crippen LogP contribution in [0.3, 0.4) is 0 Å². The first-order valence-electron chi connectivity index (χ1n) is 7.97. The Hall–Kier alpha value is -3.15. The first-order chi connectivity index (χ1) is 12.0. The highest BCUT2D eigenvalue weighted by Crippen LogP contribution is 2.40. The van der Waals surface area contributed by atoms with Crippen molar-refractivity contribution in [3.05, 3.63) is 59.4 Å². The Labute approximate surface area is 143 Å². The molecule has 6 nitrogen and oxygen atoms in total. The number of ketones is 1. The number of imidazole rings is 1. The second-order valence-corrected chi connectivity index (χ2v) is 6.00. The van der Waals surface area contributed by atoms with E-state index in [4.69, 9.17) is 9.47 Å². The molecule has 2 unspecified atom stereocenters. The number of nitrogens with zero attached hydrogens (tertiary/aromatic N) is 1. The zero-order valence-electron chi connectivity index (χ0n) is 13.8. The summed E-state index contributed by atoms with van der Waals surface area (Å²) in [6, 6.07) is 12.7. The minimum Gasteiger partial charge on any atom is -0.478 e. The summed E-state index contributed by atoms with van der Waals surface area (Å²) in [6.07, 6.45) is -1.74. The molecule has 0 spiro atoms. The molecule has 2 aromatic carbocycles. The van der Waals surface area contributed by atoms with Crippen LogP contribution >= 0.6 is 0 Å². The fourth-order valence-electron chi connectivity index (χ4n) is 3.15. The molecule has 126 valence electrons. The molecule has 1 aromatic heterocycles. The summed E-state index contributed by atoms with van der Waals surface area (Å²) in [5.41, 5.74) is 2.53. The van der Waals surface area contributed by atoms with Gasteiger partial charge < -0.3 is 14.5 Å². The molecule has 25 heavy (non-hydrogen) atoms. The van der Waals surface area contributed by atoms with Crippen molar-refractivity contribution in [1.82, 2.24) is 9.97 Å². The second-order valence-electron chi connectivity index (χ2n) is 6.00. The van der Waals surface area contributed by atoms with Crippen molar-refractivity contribution in [3.8, 4) is 5.75 Å². The van der Waals surface area contributed by atoms with Crippen LogP contribution < -0.4 is 4.74 Å². The molecule has 4 rings (SSSR count). The number of carbonyl (C=O) groups excluding carboxylic acids is 2. The van der Waals surface area contributed by atoms with E-state index in [0.29, 0.717) is 16.8 Å². The molecule has 6 heteroatoms. The minimum absolute atomic E-state index is 0.284. The number of hydrogen-bond acceptors (Lipinski definition) is 5. The van der Waals surface area contributed by atoms with Crippen LogP contribution in [0.4, 0.5) is 0 Å². The van der Waals surface area contributed by atoms with Gasteiger partial charge in [-0.1, -0.05) is 30.3 Å². The van der Waals surface area contributed by atoms with Gasteiger partial charge in [-0.2, -0.15) is 0 Å². The third-order valence-corrected chi connectivity index (χ3v) is 4.19. The Bertz CT molecular complexity index is 978. The Morgan fingerprint density at radius 2 is 1.96 bits per heavy atom. The Morgan fingerprint density at radius 1 is 1.20 bits per heavy atom. The number of benzene rings is 2. The van der Waals surface area contributed by atoms with E-state index >= 15 is 0 Å². The molecule has 0 saturated heterocycles. The number of fused-ring (bicyclic) bond motifs is 3. The van der Waals surface area contributed by atoms with Crippen LogP contribution in [0.25, 0.3) is 11.0 Å². The van der Waals surface area contributed by atoms with Crippen LogP contribution in [-0.4, -0.2) is 27.8 Å². The summed E-state index contributed by atoms with van der Waals surface area (Å²) >= 11 is 0. The molecular weight excluding hydrogens is 320 g/mol. The summed E-state index contributed by atoms with van der Waals surface area (Å²) in [7, 11) is 0. The smallest absolute Gasteiger partial charge is 0.303 e. The molecule has 1 aliphatic rings. The molecule has 2 atom stereocenters. The third-order valence-electron chi connectivity index (χ3n) is 4.19. The maximum atomic E-state index is 13.0. The summed E-state index contributed by atoms with van der Waals surface area (Å²) in [5.74, 6) is 0.345. The van der Waals surface area contributed by atoms with Gasteiger partial charge >= 0.3 is 5.97 Å². The topological polar surface area (TPSA) is 81.3 Å². The highest BCUT2D eigenvalue weighted by atomic mass is 16.6. The SMILES string of the molecule is CC(=O)OC1C(=O)c2ccc3[nH]c(C)nc3c2OC1c1ccccc1. The average molecular weight is 336 g/mol. The lowest BCUT2D eigenvalue weighted by atomic mass is 9.93. The number of ether oxygens (including phenoxy) is 2. The average Bonchev–Trinajstić information content (AvgIpc) is 2.98. The van der Waals surface area contributed by atoms with E-state index in [9.17, 15) is 9.59 Å². The number of H-pyrrole nitrogens is 1. The van der Waals surface area contributed by atoms with Gasteiger partial charge in [-0.25, -0.2) is 4.98 Å². The van der Waals surface area contributed by atoms with Gasteiger partial charge in [0.15, 0.2) is 11.9 Å². The van der Waals surface area contributed by atoms with Gasteiger partial charge in [-0.15, -0.1) is 0 Å². The molecule has 0 saturated carbocycles. The van der Waals surface area contributed by atoms with Crippen LogP contribution in [-0.2, 0) is 9.53 Å². The highest BCUT2D eigenvalue weighted by molar-refractivity contribution is 6.07. The highest BCUT2D eigenvalue weighted by Gasteiger charge is 2.41. The third kappa shape index (κ3) is 2.55. The predicted octanol–water partition coefficient (Wildman–Crippen LogP) is 3.12. The van der Waals surface area contributed by atoms with Crippen LogP contribution in [0, 0.1) is 6.92 Å². The van der Waals surface area contributed by atoms with Gasteiger partial charge in [0.05, 0.1) is 11.1 Å². The van der Waals surface area contributed by atoms with E-state index in [0.717, 1.165) is 16.9 Å². The fraction of sp³-hybridized carbons (Fsp3) is 0.211. The van der Waals surface area contributed by atoms with Crippen molar-refractivity contribution in [1.29, 1.82) is 0 Å². The zero-order valence-corrected chi connectivity index (χ0v) is 13.8. The molecule has 0 amide bonds. The van der Waals surface area contributed by atoms with E-state index < -0.39 is 18.2 Å². The quantitative estimate of drug-likeness (QED) is 0.727. The van der Waals surface area contributed by atoms with Gasteiger partial charge in [0, 0.05) is 6.92 Å². The summed E-state index contributed by atoms with van der Waals surface area (Å²) in [5, 5.41) is 0. The lowest BCUT2D eigenvalue weighted by molar-refractivity contribution is -0.148. The first-order valence-corrected chi connectivity index (χ1v) is 7.97. The molecule has 0 fully saturated rings. The summed E-state index contributed by atoms with van der Waals surface area (Å²) in [6.45, 7) is 3.12. The van der Waals surface area contributed by atoms with Crippen molar-refractivity contribution in [2.24, 2.45) is 0 Å². The second kappa shape index (κ2) is 5.73. The molecule has 0 bridgehead atoms. The molecular formula is C19H16N2O4. The molecule has 3 aromatic rings. The van der Waals surface area contributed by atoms with Crippen LogP contribution in [0.5, 0.6) is 5.75 Å². The molecule has 2 heterocycles. The van der Waals surface area contributed by atoms with E-state index in [1.165, 1.54) is 6.92 Å². The Balaban J connectivity index is 1.89. The normalized spacial score (nSPS) is 19.4. The maximum absolute atomic E-state index is 13.0. The van der Waals surface area contributed by atoms with Crippen LogP contribution in [0.15, 0.2) is 42.5 Å². The number of aryl methyl sites for hydroxylation is 1. The van der Waals surface area contributed by atoms with Gasteiger partial charge in [0.1, 0.15) is 11.3 Å². The van der Waals surface area contributed by atoms with E-state index in [-0.39, 0.29) is 5.78 Å². The van der Waals surface area contributed by atoms with Crippen molar-refractivity contribution < 1.29 is 19.1 Å². The van der Waals surface area contributed by atoms with Crippen molar-refractivity contribution in [2.75, 3.05) is 0 Å². The Kier molecular flexibility index (Phi) is 3.53. The van der Waals surface area contributed by atoms with Gasteiger partial charge in [0.25, 0.3) is 0 Å². The molecule has 1 N–H and O–H groups in total.